The normalized spacial score (nSPS) is 18.7. The van der Waals surface area contributed by atoms with Crippen molar-refractivity contribution < 1.29 is 0 Å². The molecule has 100 valence electrons. The molecule has 0 amide bonds. The minimum Gasteiger partial charge on any atom is -0.365 e. The van der Waals surface area contributed by atoms with Gasteiger partial charge in [0.25, 0.3) is 0 Å². The summed E-state index contributed by atoms with van der Waals surface area (Å²) in [6.07, 6.45) is 1.13. The van der Waals surface area contributed by atoms with Crippen LogP contribution in [0.25, 0.3) is 11.3 Å². The lowest BCUT2D eigenvalue weighted by Gasteiger charge is -2.08. The highest BCUT2D eigenvalue weighted by Crippen LogP contribution is 2.30. The van der Waals surface area contributed by atoms with Crippen LogP contribution in [0.3, 0.4) is 0 Å². The summed E-state index contributed by atoms with van der Waals surface area (Å²) in [4.78, 5) is 0. The summed E-state index contributed by atoms with van der Waals surface area (Å²) in [7, 11) is 0. The third-order valence-electron chi connectivity index (χ3n) is 3.21. The van der Waals surface area contributed by atoms with E-state index in [2.05, 4.69) is 36.8 Å². The standard InChI is InChI=1S/C13H14BrClN4/c14-8-1-2-10(11(15)5-8)12-6-13(19-18-12)17-9-3-4-16-7-9/h1-2,5-6,9,16H,3-4,7H2,(H2,17,18,19). The van der Waals surface area contributed by atoms with Gasteiger partial charge in [0.1, 0.15) is 5.82 Å². The first kappa shape index (κ1) is 13.0. The van der Waals surface area contributed by atoms with Crippen LogP contribution in [0.4, 0.5) is 5.82 Å². The summed E-state index contributed by atoms with van der Waals surface area (Å²) in [5, 5.41) is 14.7. The third kappa shape index (κ3) is 2.94. The highest BCUT2D eigenvalue weighted by atomic mass is 79.9. The number of nitrogens with one attached hydrogen (secondary N) is 3. The zero-order valence-electron chi connectivity index (χ0n) is 10.2. The van der Waals surface area contributed by atoms with Crippen molar-refractivity contribution in [2.75, 3.05) is 18.4 Å². The molecule has 3 N–H and O–H groups in total. The second-order valence-corrected chi connectivity index (χ2v) is 5.95. The molecule has 1 aliphatic rings. The van der Waals surface area contributed by atoms with E-state index < -0.39 is 0 Å². The molecule has 1 unspecified atom stereocenters. The first-order valence-electron chi connectivity index (χ1n) is 6.20. The summed E-state index contributed by atoms with van der Waals surface area (Å²) >= 11 is 9.64. The molecule has 1 atom stereocenters. The van der Waals surface area contributed by atoms with Crippen molar-refractivity contribution >= 4 is 33.3 Å². The van der Waals surface area contributed by atoms with Crippen LogP contribution in [-0.4, -0.2) is 29.3 Å². The van der Waals surface area contributed by atoms with E-state index in [0.717, 1.165) is 41.1 Å². The quantitative estimate of drug-likeness (QED) is 0.803. The molecule has 2 aromatic rings. The minimum absolute atomic E-state index is 0.455. The van der Waals surface area contributed by atoms with Gasteiger partial charge in [-0.15, -0.1) is 0 Å². The topological polar surface area (TPSA) is 52.7 Å². The highest BCUT2D eigenvalue weighted by molar-refractivity contribution is 9.10. The van der Waals surface area contributed by atoms with Crippen LogP contribution in [0.5, 0.6) is 0 Å². The fraction of sp³-hybridized carbons (Fsp3) is 0.308. The van der Waals surface area contributed by atoms with Crippen LogP contribution in [-0.2, 0) is 0 Å². The second kappa shape index (κ2) is 5.53. The molecule has 19 heavy (non-hydrogen) atoms. The average molecular weight is 342 g/mol. The molecule has 0 aliphatic carbocycles. The van der Waals surface area contributed by atoms with Gasteiger partial charge in [-0.1, -0.05) is 33.6 Å². The predicted molar refractivity (Wildman–Crippen MR) is 81.6 cm³/mol. The van der Waals surface area contributed by atoms with Gasteiger partial charge in [-0.3, -0.25) is 5.10 Å². The van der Waals surface area contributed by atoms with Crippen LogP contribution in [0.15, 0.2) is 28.7 Å². The summed E-state index contributed by atoms with van der Waals surface area (Å²) in [6, 6.07) is 8.27. The number of hydrogen-bond donors (Lipinski definition) is 3. The number of rotatable bonds is 3. The number of aromatic amines is 1. The Bertz CT molecular complexity index is 578. The first-order chi connectivity index (χ1) is 9.22. The lowest BCUT2D eigenvalue weighted by atomic mass is 10.1. The second-order valence-electron chi connectivity index (χ2n) is 4.63. The maximum atomic E-state index is 6.24. The fourth-order valence-corrected chi connectivity index (χ4v) is 3.00. The molecule has 1 saturated heterocycles. The predicted octanol–water partition coefficient (Wildman–Crippen LogP) is 3.27. The SMILES string of the molecule is Clc1cc(Br)ccc1-c1cc(NC2CCNC2)n[nH]1. The number of H-pyrrole nitrogens is 1. The van der Waals surface area contributed by atoms with E-state index in [-0.39, 0.29) is 0 Å². The average Bonchev–Trinajstić information content (AvgIpc) is 3.01. The van der Waals surface area contributed by atoms with Crippen molar-refractivity contribution in [1.29, 1.82) is 0 Å². The Hall–Kier alpha value is -1.04. The summed E-state index contributed by atoms with van der Waals surface area (Å²) in [5.41, 5.74) is 1.88. The largest absolute Gasteiger partial charge is 0.365 e. The van der Waals surface area contributed by atoms with Gasteiger partial charge in [0.2, 0.25) is 0 Å². The zero-order chi connectivity index (χ0) is 13.2. The molecular weight excluding hydrogens is 328 g/mol. The minimum atomic E-state index is 0.455. The van der Waals surface area contributed by atoms with Crippen LogP contribution in [0, 0.1) is 0 Å². The molecule has 1 fully saturated rings. The highest BCUT2D eigenvalue weighted by Gasteiger charge is 2.15. The first-order valence-corrected chi connectivity index (χ1v) is 7.37. The van der Waals surface area contributed by atoms with Crippen molar-refractivity contribution in [2.45, 2.75) is 12.5 Å². The summed E-state index contributed by atoms with van der Waals surface area (Å²) in [5.74, 6) is 0.864. The maximum absolute atomic E-state index is 6.24. The van der Waals surface area contributed by atoms with E-state index in [0.29, 0.717) is 11.1 Å². The molecule has 2 heterocycles. The molecule has 0 spiro atoms. The van der Waals surface area contributed by atoms with Gasteiger partial charge in [-0.2, -0.15) is 5.10 Å². The molecule has 0 bridgehead atoms. The summed E-state index contributed by atoms with van der Waals surface area (Å²) < 4.78 is 0.969. The maximum Gasteiger partial charge on any atom is 0.148 e. The lowest BCUT2D eigenvalue weighted by Crippen LogP contribution is -2.22. The van der Waals surface area contributed by atoms with Gasteiger partial charge in [0, 0.05) is 28.7 Å². The molecule has 1 aromatic carbocycles. The van der Waals surface area contributed by atoms with Gasteiger partial charge >= 0.3 is 0 Å². The van der Waals surface area contributed by atoms with E-state index in [1.165, 1.54) is 0 Å². The van der Waals surface area contributed by atoms with Crippen molar-refractivity contribution in [1.82, 2.24) is 15.5 Å². The Morgan fingerprint density at radius 2 is 2.26 bits per heavy atom. The van der Waals surface area contributed by atoms with Gasteiger partial charge in [0.05, 0.1) is 10.7 Å². The molecule has 4 nitrogen and oxygen atoms in total. The monoisotopic (exact) mass is 340 g/mol. The number of benzene rings is 1. The van der Waals surface area contributed by atoms with E-state index >= 15 is 0 Å². The van der Waals surface area contributed by atoms with Crippen molar-refractivity contribution in [3.8, 4) is 11.3 Å². The van der Waals surface area contributed by atoms with E-state index in [1.54, 1.807) is 0 Å². The van der Waals surface area contributed by atoms with Gasteiger partial charge in [-0.05, 0) is 25.1 Å². The van der Waals surface area contributed by atoms with Crippen LogP contribution in [0.2, 0.25) is 5.02 Å². The number of hydrogen-bond acceptors (Lipinski definition) is 3. The lowest BCUT2D eigenvalue weighted by molar-refractivity contribution is 0.786. The smallest absolute Gasteiger partial charge is 0.148 e. The zero-order valence-corrected chi connectivity index (χ0v) is 12.6. The molecular formula is C13H14BrClN4. The van der Waals surface area contributed by atoms with Crippen LogP contribution < -0.4 is 10.6 Å². The van der Waals surface area contributed by atoms with Gasteiger partial charge in [0.15, 0.2) is 0 Å². The van der Waals surface area contributed by atoms with Crippen molar-refractivity contribution in [2.24, 2.45) is 0 Å². The molecule has 0 saturated carbocycles. The molecule has 6 heteroatoms. The molecule has 1 aromatic heterocycles. The van der Waals surface area contributed by atoms with Crippen LogP contribution in [0.1, 0.15) is 6.42 Å². The Morgan fingerprint density at radius 3 is 3.00 bits per heavy atom. The molecule has 1 aliphatic heterocycles. The van der Waals surface area contributed by atoms with E-state index in [9.17, 15) is 0 Å². The van der Waals surface area contributed by atoms with Gasteiger partial charge in [-0.25, -0.2) is 0 Å². The molecule has 3 rings (SSSR count). The Kier molecular flexibility index (Phi) is 3.77. The van der Waals surface area contributed by atoms with Crippen molar-refractivity contribution in [3.63, 3.8) is 0 Å². The van der Waals surface area contributed by atoms with E-state index in [1.807, 2.05) is 24.3 Å². The number of halogens is 2. The van der Waals surface area contributed by atoms with Gasteiger partial charge < -0.3 is 10.6 Å². The Balaban J connectivity index is 1.80. The summed E-state index contributed by atoms with van der Waals surface area (Å²) in [6.45, 7) is 2.05. The van der Waals surface area contributed by atoms with Crippen LogP contribution >= 0.6 is 27.5 Å². The third-order valence-corrected chi connectivity index (χ3v) is 4.02. The molecule has 0 radical (unpaired) electrons. The Labute approximate surface area is 125 Å². The number of nitrogens with zero attached hydrogens (tertiary/aromatic N) is 1. The van der Waals surface area contributed by atoms with Crippen molar-refractivity contribution in [3.05, 3.63) is 33.8 Å². The van der Waals surface area contributed by atoms with E-state index in [4.69, 9.17) is 11.6 Å². The fourth-order valence-electron chi connectivity index (χ4n) is 2.23. The number of anilines is 1. The number of aromatic nitrogens is 2. The Morgan fingerprint density at radius 1 is 1.37 bits per heavy atom.